The van der Waals surface area contributed by atoms with Gasteiger partial charge in [-0.15, -0.1) is 0 Å². The third kappa shape index (κ3) is 4.10. The van der Waals surface area contributed by atoms with E-state index in [1.807, 2.05) is 44.2 Å². The number of nitrogens with one attached hydrogen (secondary N) is 1. The van der Waals surface area contributed by atoms with Crippen molar-refractivity contribution in [1.82, 2.24) is 4.98 Å². The summed E-state index contributed by atoms with van der Waals surface area (Å²) in [7, 11) is 0. The zero-order valence-corrected chi connectivity index (χ0v) is 14.9. The Balaban J connectivity index is 1.78. The molecule has 1 saturated heterocycles. The second-order valence-electron chi connectivity index (χ2n) is 6.29. The lowest BCUT2D eigenvalue weighted by Crippen LogP contribution is -2.32. The summed E-state index contributed by atoms with van der Waals surface area (Å²) in [6.45, 7) is 6.48. The molecule has 1 N–H and O–H groups in total. The third-order valence-corrected chi connectivity index (χ3v) is 4.42. The summed E-state index contributed by atoms with van der Waals surface area (Å²) in [5.41, 5.74) is 2.39. The van der Waals surface area contributed by atoms with Crippen LogP contribution in [0.4, 0.5) is 11.5 Å². The zero-order chi connectivity index (χ0) is 17.6. The molecule has 0 saturated carbocycles. The predicted molar refractivity (Wildman–Crippen MR) is 101 cm³/mol. The Morgan fingerprint density at radius 1 is 1.24 bits per heavy atom. The fourth-order valence-electron chi connectivity index (χ4n) is 3.17. The van der Waals surface area contributed by atoms with E-state index in [1.165, 1.54) is 6.42 Å². The Labute approximate surface area is 149 Å². The number of pyridine rings is 1. The Hall–Kier alpha value is -2.56. The van der Waals surface area contributed by atoms with Crippen LogP contribution in [0.3, 0.4) is 0 Å². The summed E-state index contributed by atoms with van der Waals surface area (Å²) in [5.74, 6) is 1.50. The normalized spacial score (nSPS) is 14.2. The minimum absolute atomic E-state index is 0.128. The van der Waals surface area contributed by atoms with E-state index in [1.54, 1.807) is 6.20 Å². The van der Waals surface area contributed by atoms with Gasteiger partial charge in [0.15, 0.2) is 0 Å². The molecule has 1 amide bonds. The van der Waals surface area contributed by atoms with Gasteiger partial charge in [0.25, 0.3) is 5.91 Å². The van der Waals surface area contributed by atoms with Crippen LogP contribution in [0.1, 0.15) is 42.1 Å². The number of carbonyl (C=O) groups excluding carboxylic acids is 1. The van der Waals surface area contributed by atoms with Gasteiger partial charge >= 0.3 is 0 Å². The number of carbonyl (C=O) groups is 1. The molecule has 1 aromatic carbocycles. The lowest BCUT2D eigenvalue weighted by molar-refractivity contribution is 0.102. The number of hydrogen-bond acceptors (Lipinski definition) is 4. The standard InChI is InChI=1S/C20H25N3O2/c1-3-25-18-10-9-16(14-15(18)2)22-20(24)17-8-7-11-21-19(17)23-12-5-4-6-13-23/h7-11,14H,3-6,12-13H2,1-2H3,(H,22,24). The maximum Gasteiger partial charge on any atom is 0.259 e. The summed E-state index contributed by atoms with van der Waals surface area (Å²) in [6, 6.07) is 9.34. The van der Waals surface area contributed by atoms with Gasteiger partial charge in [-0.25, -0.2) is 4.98 Å². The minimum atomic E-state index is -0.128. The quantitative estimate of drug-likeness (QED) is 0.893. The highest BCUT2D eigenvalue weighted by Gasteiger charge is 2.19. The second-order valence-corrected chi connectivity index (χ2v) is 6.29. The number of nitrogens with zero attached hydrogens (tertiary/aromatic N) is 2. The van der Waals surface area contributed by atoms with Gasteiger partial charge in [-0.05, 0) is 69.0 Å². The fraction of sp³-hybridized carbons (Fsp3) is 0.400. The molecule has 1 aromatic heterocycles. The topological polar surface area (TPSA) is 54.5 Å². The Kier molecular flexibility index (Phi) is 5.53. The van der Waals surface area contributed by atoms with Gasteiger partial charge < -0.3 is 15.0 Å². The van der Waals surface area contributed by atoms with Gasteiger partial charge in [0, 0.05) is 25.0 Å². The molecule has 5 nitrogen and oxygen atoms in total. The summed E-state index contributed by atoms with van der Waals surface area (Å²) in [4.78, 5) is 19.5. The minimum Gasteiger partial charge on any atom is -0.494 e. The molecule has 2 aromatic rings. The van der Waals surface area contributed by atoms with Crippen LogP contribution in [0.25, 0.3) is 0 Å². The van der Waals surface area contributed by atoms with Crippen LogP contribution in [-0.2, 0) is 0 Å². The lowest BCUT2D eigenvalue weighted by atomic mass is 10.1. The number of benzene rings is 1. The first-order chi connectivity index (χ1) is 12.2. The molecule has 1 fully saturated rings. The summed E-state index contributed by atoms with van der Waals surface area (Å²) in [5, 5.41) is 2.99. The van der Waals surface area contributed by atoms with Crippen LogP contribution in [0.2, 0.25) is 0 Å². The molecule has 1 aliphatic heterocycles. The summed E-state index contributed by atoms with van der Waals surface area (Å²) in [6.07, 6.45) is 5.30. The van der Waals surface area contributed by atoms with Gasteiger partial charge in [-0.1, -0.05) is 0 Å². The fourth-order valence-corrected chi connectivity index (χ4v) is 3.17. The van der Waals surface area contributed by atoms with Crippen molar-refractivity contribution in [2.24, 2.45) is 0 Å². The van der Waals surface area contributed by atoms with Gasteiger partial charge in [0.2, 0.25) is 0 Å². The van der Waals surface area contributed by atoms with E-state index in [2.05, 4.69) is 15.2 Å². The highest BCUT2D eigenvalue weighted by molar-refractivity contribution is 6.07. The van der Waals surface area contributed by atoms with Crippen LogP contribution >= 0.6 is 0 Å². The third-order valence-electron chi connectivity index (χ3n) is 4.42. The molecule has 0 unspecified atom stereocenters. The lowest BCUT2D eigenvalue weighted by Gasteiger charge is -2.29. The van der Waals surface area contributed by atoms with Crippen molar-refractivity contribution in [3.05, 3.63) is 47.7 Å². The van der Waals surface area contributed by atoms with E-state index < -0.39 is 0 Å². The average molecular weight is 339 g/mol. The van der Waals surface area contributed by atoms with E-state index in [9.17, 15) is 4.79 Å². The number of aryl methyl sites for hydroxylation is 1. The number of aromatic nitrogens is 1. The van der Waals surface area contributed by atoms with E-state index >= 15 is 0 Å². The number of amides is 1. The number of piperidine rings is 1. The van der Waals surface area contributed by atoms with E-state index in [0.717, 1.165) is 48.7 Å². The molecule has 0 atom stereocenters. The molecule has 0 aliphatic carbocycles. The first-order valence-corrected chi connectivity index (χ1v) is 8.94. The van der Waals surface area contributed by atoms with Crippen LogP contribution in [0, 0.1) is 6.92 Å². The first kappa shape index (κ1) is 17.3. The van der Waals surface area contributed by atoms with Gasteiger partial charge in [-0.3, -0.25) is 4.79 Å². The number of rotatable bonds is 5. The van der Waals surface area contributed by atoms with Crippen LogP contribution < -0.4 is 15.0 Å². The molecule has 25 heavy (non-hydrogen) atoms. The maximum atomic E-state index is 12.8. The molecule has 0 spiro atoms. The van der Waals surface area contributed by atoms with E-state index in [4.69, 9.17) is 4.74 Å². The van der Waals surface area contributed by atoms with Crippen LogP contribution in [0.15, 0.2) is 36.5 Å². The van der Waals surface area contributed by atoms with Gasteiger partial charge in [0.1, 0.15) is 11.6 Å². The maximum absolute atomic E-state index is 12.8. The van der Waals surface area contributed by atoms with Crippen molar-refractivity contribution >= 4 is 17.4 Å². The van der Waals surface area contributed by atoms with Crippen molar-refractivity contribution in [3.8, 4) is 5.75 Å². The van der Waals surface area contributed by atoms with Crippen molar-refractivity contribution in [2.45, 2.75) is 33.1 Å². The molecular weight excluding hydrogens is 314 g/mol. The van der Waals surface area contributed by atoms with E-state index in [-0.39, 0.29) is 5.91 Å². The first-order valence-electron chi connectivity index (χ1n) is 8.94. The molecule has 3 rings (SSSR count). The second kappa shape index (κ2) is 8.01. The largest absolute Gasteiger partial charge is 0.494 e. The van der Waals surface area contributed by atoms with Crippen molar-refractivity contribution in [3.63, 3.8) is 0 Å². The number of anilines is 2. The van der Waals surface area contributed by atoms with Crippen molar-refractivity contribution in [2.75, 3.05) is 29.9 Å². The molecular formula is C20H25N3O2. The molecule has 2 heterocycles. The molecule has 0 bridgehead atoms. The van der Waals surface area contributed by atoms with Gasteiger partial charge in [-0.2, -0.15) is 0 Å². The molecule has 0 radical (unpaired) electrons. The monoisotopic (exact) mass is 339 g/mol. The molecule has 5 heteroatoms. The Bertz CT molecular complexity index is 739. The smallest absolute Gasteiger partial charge is 0.259 e. The summed E-state index contributed by atoms with van der Waals surface area (Å²) >= 11 is 0. The molecule has 132 valence electrons. The summed E-state index contributed by atoms with van der Waals surface area (Å²) < 4.78 is 5.55. The van der Waals surface area contributed by atoms with Crippen molar-refractivity contribution < 1.29 is 9.53 Å². The highest BCUT2D eigenvalue weighted by atomic mass is 16.5. The van der Waals surface area contributed by atoms with Gasteiger partial charge in [0.05, 0.1) is 12.2 Å². The van der Waals surface area contributed by atoms with E-state index in [0.29, 0.717) is 12.2 Å². The number of ether oxygens (including phenoxy) is 1. The Morgan fingerprint density at radius 2 is 2.04 bits per heavy atom. The SMILES string of the molecule is CCOc1ccc(NC(=O)c2cccnc2N2CCCCC2)cc1C. The molecule has 1 aliphatic rings. The predicted octanol–water partition coefficient (Wildman–Crippen LogP) is 4.03. The zero-order valence-electron chi connectivity index (χ0n) is 14.9. The van der Waals surface area contributed by atoms with Crippen LogP contribution in [0.5, 0.6) is 5.75 Å². The average Bonchev–Trinajstić information content (AvgIpc) is 2.65. The van der Waals surface area contributed by atoms with Crippen molar-refractivity contribution in [1.29, 1.82) is 0 Å². The Morgan fingerprint density at radius 3 is 2.76 bits per heavy atom. The number of hydrogen-bond donors (Lipinski definition) is 1. The van der Waals surface area contributed by atoms with Crippen LogP contribution in [-0.4, -0.2) is 30.6 Å². The highest BCUT2D eigenvalue weighted by Crippen LogP contribution is 2.25.